The summed E-state index contributed by atoms with van der Waals surface area (Å²) in [5, 5.41) is 17.0. The molecule has 27 heavy (non-hydrogen) atoms. The quantitative estimate of drug-likeness (QED) is 0.494. The van der Waals surface area contributed by atoms with Crippen molar-refractivity contribution in [2.45, 2.75) is 0 Å². The lowest BCUT2D eigenvalue weighted by Crippen LogP contribution is -2.41. The number of carbonyl (C=O) groups excluding carboxylic acids is 2. The van der Waals surface area contributed by atoms with Gasteiger partial charge < -0.3 is 15.9 Å². The number of hydrogen-bond donors (Lipinski definition) is 3. The normalized spacial score (nSPS) is 10.0. The zero-order valence-corrected chi connectivity index (χ0v) is 14.5. The molecule has 1 aromatic carbocycles. The Hall–Kier alpha value is -3.72. The molecule has 2 rings (SSSR count). The minimum Gasteiger partial charge on any atom is -0.478 e. The van der Waals surface area contributed by atoms with Crippen LogP contribution in [0.25, 0.3) is 0 Å². The number of hydrogen-bond acceptors (Lipinski definition) is 5. The molecule has 0 spiro atoms. The zero-order chi connectivity index (χ0) is 20.4. The highest BCUT2D eigenvalue weighted by Crippen LogP contribution is 2.11. The van der Waals surface area contributed by atoms with Crippen molar-refractivity contribution in [3.05, 3.63) is 72.1 Å². The van der Waals surface area contributed by atoms with Crippen molar-refractivity contribution < 1.29 is 29.4 Å². The number of nitrogens with zero attached hydrogens (tertiary/aromatic N) is 2. The summed E-state index contributed by atoms with van der Waals surface area (Å²) >= 11 is 0. The molecule has 0 aliphatic carbocycles. The van der Waals surface area contributed by atoms with Gasteiger partial charge in [0.2, 0.25) is 5.78 Å². The maximum absolute atomic E-state index is 12.4. The van der Waals surface area contributed by atoms with E-state index < -0.39 is 11.9 Å². The van der Waals surface area contributed by atoms with Gasteiger partial charge >= 0.3 is 11.9 Å². The predicted octanol–water partition coefficient (Wildman–Crippen LogP) is 0.484. The van der Waals surface area contributed by atoms with Gasteiger partial charge in [0.15, 0.2) is 0 Å². The first-order valence-electron chi connectivity index (χ1n) is 7.65. The van der Waals surface area contributed by atoms with Gasteiger partial charge in [0, 0.05) is 31.0 Å². The molecule has 2 aromatic rings. The lowest BCUT2D eigenvalue weighted by Gasteiger charge is -2.20. The third-order valence-electron chi connectivity index (χ3n) is 3.22. The SMILES string of the molecule is CN(C(=O)CN)n1cccc1C(=O)c1ccccc1.O=C(O)/C=C/C(=O)O. The van der Waals surface area contributed by atoms with Crippen LogP contribution in [0.4, 0.5) is 0 Å². The van der Waals surface area contributed by atoms with Crippen LogP contribution in [0.3, 0.4) is 0 Å². The molecule has 9 nitrogen and oxygen atoms in total. The van der Waals surface area contributed by atoms with Crippen LogP contribution in [0.15, 0.2) is 60.8 Å². The van der Waals surface area contributed by atoms with Gasteiger partial charge in [-0.2, -0.15) is 0 Å². The molecule has 0 saturated heterocycles. The van der Waals surface area contributed by atoms with Gasteiger partial charge in [-0.15, -0.1) is 0 Å². The Kier molecular flexibility index (Phi) is 8.14. The molecular formula is C18H19N3O6. The fourth-order valence-electron chi connectivity index (χ4n) is 1.95. The standard InChI is InChI=1S/C14H15N3O2.C4H4O4/c1-16(13(18)10-15)17-9-5-8-12(17)14(19)11-6-3-2-4-7-11;5-3(6)1-2-4(7)8/h2-9H,10,15H2,1H3;1-2H,(H,5,6)(H,7,8)/b;2-1+. The molecule has 0 aliphatic heterocycles. The Morgan fingerprint density at radius 3 is 2.04 bits per heavy atom. The molecule has 0 bridgehead atoms. The lowest BCUT2D eigenvalue weighted by atomic mass is 10.1. The summed E-state index contributed by atoms with van der Waals surface area (Å²) < 4.78 is 1.50. The minimum atomic E-state index is -1.26. The van der Waals surface area contributed by atoms with Crippen LogP contribution in [-0.4, -0.2) is 52.1 Å². The Morgan fingerprint density at radius 2 is 1.56 bits per heavy atom. The Balaban J connectivity index is 0.000000387. The molecule has 0 unspecified atom stereocenters. The second kappa shape index (κ2) is 10.3. The summed E-state index contributed by atoms with van der Waals surface area (Å²) in [5.41, 5.74) is 6.33. The molecule has 1 heterocycles. The molecule has 142 valence electrons. The molecule has 1 aromatic heterocycles. The van der Waals surface area contributed by atoms with E-state index in [0.717, 1.165) is 0 Å². The van der Waals surface area contributed by atoms with Crippen molar-refractivity contribution in [1.29, 1.82) is 0 Å². The lowest BCUT2D eigenvalue weighted by molar-refractivity contribution is -0.134. The van der Waals surface area contributed by atoms with Gasteiger partial charge in [0.25, 0.3) is 5.91 Å². The fourth-order valence-corrected chi connectivity index (χ4v) is 1.95. The molecule has 0 atom stereocenters. The summed E-state index contributed by atoms with van der Waals surface area (Å²) in [7, 11) is 1.58. The van der Waals surface area contributed by atoms with Crippen molar-refractivity contribution in [1.82, 2.24) is 4.68 Å². The largest absolute Gasteiger partial charge is 0.478 e. The number of likely N-dealkylation sites (N-methyl/N-ethyl adjacent to an activating group) is 1. The van der Waals surface area contributed by atoms with Crippen molar-refractivity contribution in [2.75, 3.05) is 18.6 Å². The predicted molar refractivity (Wildman–Crippen MR) is 96.9 cm³/mol. The monoisotopic (exact) mass is 373 g/mol. The summed E-state index contributed by atoms with van der Waals surface area (Å²) in [5.74, 6) is -2.92. The number of carbonyl (C=O) groups is 4. The van der Waals surface area contributed by atoms with E-state index in [1.807, 2.05) is 6.07 Å². The highest BCUT2D eigenvalue weighted by atomic mass is 16.4. The molecule has 4 N–H and O–H groups in total. The molecule has 9 heteroatoms. The number of rotatable bonds is 6. The van der Waals surface area contributed by atoms with E-state index in [1.54, 1.807) is 49.6 Å². The topological polar surface area (TPSA) is 143 Å². The third-order valence-corrected chi connectivity index (χ3v) is 3.22. The number of benzene rings is 1. The number of nitrogens with two attached hydrogens (primary N) is 1. The number of aliphatic carboxylic acids is 2. The summed E-state index contributed by atoms with van der Waals surface area (Å²) in [4.78, 5) is 43.1. The number of carboxylic acids is 2. The number of aromatic nitrogens is 1. The highest BCUT2D eigenvalue weighted by molar-refractivity contribution is 6.08. The smallest absolute Gasteiger partial charge is 0.328 e. The van der Waals surface area contributed by atoms with E-state index >= 15 is 0 Å². The first-order chi connectivity index (χ1) is 12.8. The van der Waals surface area contributed by atoms with Gasteiger partial charge in [0.1, 0.15) is 5.69 Å². The van der Waals surface area contributed by atoms with Crippen molar-refractivity contribution >= 4 is 23.6 Å². The van der Waals surface area contributed by atoms with Crippen LogP contribution < -0.4 is 10.7 Å². The van der Waals surface area contributed by atoms with Crippen molar-refractivity contribution in [3.8, 4) is 0 Å². The van der Waals surface area contributed by atoms with Crippen molar-refractivity contribution in [3.63, 3.8) is 0 Å². The molecule has 0 fully saturated rings. The number of carboxylic acid groups (broad SMARTS) is 2. The van der Waals surface area contributed by atoms with E-state index in [-0.39, 0.29) is 18.2 Å². The zero-order valence-electron chi connectivity index (χ0n) is 14.5. The second-order valence-electron chi connectivity index (χ2n) is 5.06. The Labute approximate surface area is 154 Å². The fraction of sp³-hybridized carbons (Fsp3) is 0.111. The van der Waals surface area contributed by atoms with Gasteiger partial charge in [-0.3, -0.25) is 19.3 Å². The van der Waals surface area contributed by atoms with Gasteiger partial charge in [0.05, 0.1) is 6.54 Å². The van der Waals surface area contributed by atoms with Crippen LogP contribution in [0.2, 0.25) is 0 Å². The third kappa shape index (κ3) is 6.59. The van der Waals surface area contributed by atoms with Crippen LogP contribution in [0, 0.1) is 0 Å². The van der Waals surface area contributed by atoms with Crippen LogP contribution in [0.5, 0.6) is 0 Å². The Morgan fingerprint density at radius 1 is 1.00 bits per heavy atom. The van der Waals surface area contributed by atoms with E-state index in [0.29, 0.717) is 23.4 Å². The van der Waals surface area contributed by atoms with E-state index in [2.05, 4.69) is 0 Å². The van der Waals surface area contributed by atoms with Crippen molar-refractivity contribution in [2.24, 2.45) is 5.73 Å². The highest BCUT2D eigenvalue weighted by Gasteiger charge is 2.17. The Bertz CT molecular complexity index is 826. The average Bonchev–Trinajstić information content (AvgIpc) is 3.15. The molecule has 1 amide bonds. The van der Waals surface area contributed by atoms with Crippen LogP contribution >= 0.6 is 0 Å². The van der Waals surface area contributed by atoms with Gasteiger partial charge in [-0.1, -0.05) is 30.3 Å². The van der Waals surface area contributed by atoms with Gasteiger partial charge in [-0.05, 0) is 12.1 Å². The first kappa shape index (κ1) is 21.3. The van der Waals surface area contributed by atoms with Gasteiger partial charge in [-0.25, -0.2) is 9.59 Å². The van der Waals surface area contributed by atoms with E-state index in [9.17, 15) is 19.2 Å². The molecule has 0 saturated carbocycles. The minimum absolute atomic E-state index is 0.104. The second-order valence-corrected chi connectivity index (χ2v) is 5.06. The van der Waals surface area contributed by atoms with E-state index in [4.69, 9.17) is 15.9 Å². The summed E-state index contributed by atoms with van der Waals surface area (Å²) in [6.07, 6.45) is 2.77. The average molecular weight is 373 g/mol. The maximum atomic E-state index is 12.4. The molecule has 0 aliphatic rings. The molecular weight excluding hydrogens is 354 g/mol. The van der Waals surface area contributed by atoms with Crippen LogP contribution in [-0.2, 0) is 14.4 Å². The summed E-state index contributed by atoms with van der Waals surface area (Å²) in [6.45, 7) is -0.104. The summed E-state index contributed by atoms with van der Waals surface area (Å²) in [6, 6.07) is 12.3. The van der Waals surface area contributed by atoms with Crippen LogP contribution in [0.1, 0.15) is 16.1 Å². The van der Waals surface area contributed by atoms with E-state index in [1.165, 1.54) is 9.69 Å². The molecule has 0 radical (unpaired) electrons. The maximum Gasteiger partial charge on any atom is 0.328 e. The number of amides is 1. The first-order valence-corrected chi connectivity index (χ1v) is 7.65. The number of ketones is 1.